The number of hydrogen-bond donors (Lipinski definition) is 2. The Morgan fingerprint density at radius 2 is 2.15 bits per heavy atom. The molecule has 0 aliphatic heterocycles. The zero-order valence-electron chi connectivity index (χ0n) is 15.3. The smallest absolute Gasteiger partial charge is 0.255 e. The number of ether oxygens (including phenoxy) is 2. The first-order chi connectivity index (χ1) is 12.6. The number of amides is 1. The average Bonchev–Trinajstić information content (AvgIpc) is 3.10. The van der Waals surface area contributed by atoms with Crippen molar-refractivity contribution >= 4 is 5.91 Å². The number of allylic oxidation sites excluding steroid dienone is 1. The average molecular weight is 358 g/mol. The van der Waals surface area contributed by atoms with E-state index in [-0.39, 0.29) is 12.5 Å². The van der Waals surface area contributed by atoms with Crippen molar-refractivity contribution in [2.24, 2.45) is 0 Å². The summed E-state index contributed by atoms with van der Waals surface area (Å²) in [7, 11) is 3.05. The molecule has 1 heterocycles. The second kappa shape index (κ2) is 9.68. The van der Waals surface area contributed by atoms with Crippen LogP contribution in [0, 0.1) is 0 Å². The van der Waals surface area contributed by atoms with E-state index in [9.17, 15) is 4.79 Å². The molecule has 0 aliphatic rings. The minimum atomic E-state index is -0.239. The van der Waals surface area contributed by atoms with E-state index in [4.69, 9.17) is 14.6 Å². The number of benzene rings is 1. The molecule has 0 unspecified atom stereocenters. The molecule has 26 heavy (non-hydrogen) atoms. The Morgan fingerprint density at radius 1 is 1.35 bits per heavy atom. The van der Waals surface area contributed by atoms with Crippen molar-refractivity contribution in [2.75, 3.05) is 20.8 Å². The standard InChI is InChI=1S/C20H26N2O4/c1-4-9-22-10-5-8-16(22)14-21-20(24)17-12-15(7-6-11-23)13-18(25-2)19(17)26-3/h4-5,8,10,12-13,23H,1,6-7,9,11,14H2,2-3H3,(H,21,24). The van der Waals surface area contributed by atoms with Gasteiger partial charge in [0.1, 0.15) is 0 Å². The van der Waals surface area contributed by atoms with Crippen molar-refractivity contribution in [3.05, 3.63) is 59.9 Å². The van der Waals surface area contributed by atoms with Gasteiger partial charge in [-0.2, -0.15) is 0 Å². The number of hydrogen-bond acceptors (Lipinski definition) is 4. The van der Waals surface area contributed by atoms with Crippen molar-refractivity contribution in [3.8, 4) is 11.5 Å². The van der Waals surface area contributed by atoms with Gasteiger partial charge in [0.05, 0.1) is 26.3 Å². The van der Waals surface area contributed by atoms with Crippen molar-refractivity contribution in [1.29, 1.82) is 0 Å². The van der Waals surface area contributed by atoms with E-state index in [2.05, 4.69) is 11.9 Å². The second-order valence-corrected chi connectivity index (χ2v) is 5.83. The molecule has 0 spiro atoms. The number of methoxy groups -OCH3 is 2. The monoisotopic (exact) mass is 358 g/mol. The first-order valence-electron chi connectivity index (χ1n) is 8.53. The molecule has 1 aromatic carbocycles. The van der Waals surface area contributed by atoms with Gasteiger partial charge in [-0.1, -0.05) is 6.08 Å². The maximum atomic E-state index is 12.8. The summed E-state index contributed by atoms with van der Waals surface area (Å²) in [5, 5.41) is 12.0. The normalized spacial score (nSPS) is 10.4. The number of rotatable bonds is 10. The minimum absolute atomic E-state index is 0.0934. The number of carbonyl (C=O) groups excluding carboxylic acids is 1. The van der Waals surface area contributed by atoms with Gasteiger partial charge in [-0.05, 0) is 42.7 Å². The Balaban J connectivity index is 2.22. The molecule has 0 fully saturated rings. The third-order valence-corrected chi connectivity index (χ3v) is 4.09. The molecule has 0 saturated carbocycles. The van der Waals surface area contributed by atoms with Crippen LogP contribution in [-0.2, 0) is 19.5 Å². The van der Waals surface area contributed by atoms with E-state index in [1.165, 1.54) is 14.2 Å². The number of aromatic nitrogens is 1. The van der Waals surface area contributed by atoms with Crippen molar-refractivity contribution < 1.29 is 19.4 Å². The predicted octanol–water partition coefficient (Wildman–Crippen LogP) is 2.55. The molecule has 0 radical (unpaired) electrons. The maximum absolute atomic E-state index is 12.8. The van der Waals surface area contributed by atoms with Crippen LogP contribution in [0.3, 0.4) is 0 Å². The Bertz CT molecular complexity index is 752. The fraction of sp³-hybridized carbons (Fsp3) is 0.350. The van der Waals surface area contributed by atoms with Gasteiger partial charge in [0.15, 0.2) is 11.5 Å². The van der Waals surface area contributed by atoms with E-state index in [1.54, 1.807) is 6.07 Å². The van der Waals surface area contributed by atoms with Crippen LogP contribution >= 0.6 is 0 Å². The van der Waals surface area contributed by atoms with Crippen LogP contribution in [-0.4, -0.2) is 36.4 Å². The highest BCUT2D eigenvalue weighted by atomic mass is 16.5. The highest BCUT2D eigenvalue weighted by Crippen LogP contribution is 2.33. The second-order valence-electron chi connectivity index (χ2n) is 5.83. The van der Waals surface area contributed by atoms with Crippen LogP contribution in [0.4, 0.5) is 0 Å². The van der Waals surface area contributed by atoms with Gasteiger partial charge in [-0.15, -0.1) is 6.58 Å². The van der Waals surface area contributed by atoms with E-state index in [0.29, 0.717) is 43.0 Å². The number of carbonyl (C=O) groups is 1. The molecule has 140 valence electrons. The van der Waals surface area contributed by atoms with Gasteiger partial charge >= 0.3 is 0 Å². The van der Waals surface area contributed by atoms with E-state index in [1.807, 2.05) is 35.0 Å². The highest BCUT2D eigenvalue weighted by molar-refractivity contribution is 5.98. The lowest BCUT2D eigenvalue weighted by atomic mass is 10.0. The molecule has 2 rings (SSSR count). The minimum Gasteiger partial charge on any atom is -0.493 e. The van der Waals surface area contributed by atoms with Crippen LogP contribution in [0.1, 0.15) is 28.0 Å². The molecule has 2 N–H and O–H groups in total. The van der Waals surface area contributed by atoms with Gasteiger partial charge in [0.2, 0.25) is 0 Å². The van der Waals surface area contributed by atoms with Crippen LogP contribution in [0.15, 0.2) is 43.1 Å². The number of aryl methyl sites for hydroxylation is 1. The summed E-state index contributed by atoms with van der Waals surface area (Å²) in [5.74, 6) is 0.666. The SMILES string of the molecule is C=CCn1cccc1CNC(=O)c1cc(CCCO)cc(OC)c1OC. The summed E-state index contributed by atoms with van der Waals surface area (Å²) in [6.45, 7) is 4.91. The first-order valence-corrected chi connectivity index (χ1v) is 8.53. The summed E-state index contributed by atoms with van der Waals surface area (Å²) in [6.07, 6.45) is 5.02. The van der Waals surface area contributed by atoms with Crippen molar-refractivity contribution in [1.82, 2.24) is 9.88 Å². The third kappa shape index (κ3) is 4.67. The molecule has 1 amide bonds. The molecule has 6 nitrogen and oxygen atoms in total. The molecule has 6 heteroatoms. The maximum Gasteiger partial charge on any atom is 0.255 e. The van der Waals surface area contributed by atoms with Crippen LogP contribution < -0.4 is 14.8 Å². The zero-order chi connectivity index (χ0) is 18.9. The first kappa shape index (κ1) is 19.6. The Morgan fingerprint density at radius 3 is 2.81 bits per heavy atom. The van der Waals surface area contributed by atoms with Crippen molar-refractivity contribution in [2.45, 2.75) is 25.9 Å². The summed E-state index contributed by atoms with van der Waals surface area (Å²) >= 11 is 0. The van der Waals surface area contributed by atoms with Gasteiger partial charge in [0.25, 0.3) is 5.91 Å². The lowest BCUT2D eigenvalue weighted by Gasteiger charge is -2.15. The van der Waals surface area contributed by atoms with E-state index >= 15 is 0 Å². The largest absolute Gasteiger partial charge is 0.493 e. The number of nitrogens with one attached hydrogen (secondary N) is 1. The van der Waals surface area contributed by atoms with Crippen molar-refractivity contribution in [3.63, 3.8) is 0 Å². The highest BCUT2D eigenvalue weighted by Gasteiger charge is 2.18. The number of nitrogens with zero attached hydrogens (tertiary/aromatic N) is 1. The molecule has 0 bridgehead atoms. The quantitative estimate of drug-likeness (QED) is 0.640. The Hall–Kier alpha value is -2.73. The third-order valence-electron chi connectivity index (χ3n) is 4.09. The molecular weight excluding hydrogens is 332 g/mol. The van der Waals surface area contributed by atoms with Gasteiger partial charge in [0, 0.05) is 25.0 Å². The topological polar surface area (TPSA) is 72.7 Å². The summed E-state index contributed by atoms with van der Waals surface area (Å²) in [5.41, 5.74) is 2.32. The molecular formula is C20H26N2O4. The molecule has 0 atom stereocenters. The molecule has 1 aromatic heterocycles. The van der Waals surface area contributed by atoms with Crippen LogP contribution in [0.5, 0.6) is 11.5 Å². The molecule has 0 aliphatic carbocycles. The number of aliphatic hydroxyl groups is 1. The summed E-state index contributed by atoms with van der Waals surface area (Å²) in [4.78, 5) is 12.8. The Kier molecular flexibility index (Phi) is 7.29. The number of aliphatic hydroxyl groups excluding tert-OH is 1. The van der Waals surface area contributed by atoms with Crippen LogP contribution in [0.2, 0.25) is 0 Å². The Labute approximate surface area is 154 Å². The van der Waals surface area contributed by atoms with E-state index in [0.717, 1.165) is 11.3 Å². The van der Waals surface area contributed by atoms with Gasteiger partial charge < -0.3 is 24.5 Å². The fourth-order valence-electron chi connectivity index (χ4n) is 2.81. The van der Waals surface area contributed by atoms with Gasteiger partial charge in [-0.25, -0.2) is 0 Å². The molecule has 0 saturated heterocycles. The lowest BCUT2D eigenvalue weighted by molar-refractivity contribution is 0.0946. The summed E-state index contributed by atoms with van der Waals surface area (Å²) in [6, 6.07) is 7.51. The summed E-state index contributed by atoms with van der Waals surface area (Å²) < 4.78 is 12.8. The van der Waals surface area contributed by atoms with E-state index < -0.39 is 0 Å². The zero-order valence-corrected chi connectivity index (χ0v) is 15.3. The van der Waals surface area contributed by atoms with Gasteiger partial charge in [-0.3, -0.25) is 4.79 Å². The fourth-order valence-corrected chi connectivity index (χ4v) is 2.81. The predicted molar refractivity (Wildman–Crippen MR) is 101 cm³/mol. The lowest BCUT2D eigenvalue weighted by Crippen LogP contribution is -2.25. The van der Waals surface area contributed by atoms with Crippen LogP contribution in [0.25, 0.3) is 0 Å². The molecule has 2 aromatic rings.